The zero-order chi connectivity index (χ0) is 17.2. The number of aryl methyl sites for hydroxylation is 1. The summed E-state index contributed by atoms with van der Waals surface area (Å²) in [6.45, 7) is 3.47. The van der Waals surface area contributed by atoms with E-state index in [1.807, 2.05) is 29.9 Å². The Morgan fingerprint density at radius 3 is 2.92 bits per heavy atom. The first-order valence-electron chi connectivity index (χ1n) is 9.02. The molecule has 7 heteroatoms. The molecule has 2 atom stereocenters. The van der Waals surface area contributed by atoms with Gasteiger partial charge < -0.3 is 14.6 Å². The second-order valence-corrected chi connectivity index (χ2v) is 6.95. The fourth-order valence-electron chi connectivity index (χ4n) is 3.83. The maximum atomic E-state index is 12.6. The smallest absolute Gasteiger partial charge is 0.269 e. The highest BCUT2D eigenvalue weighted by atomic mass is 16.5. The summed E-state index contributed by atoms with van der Waals surface area (Å²) in [6.07, 6.45) is 5.73. The Hall–Kier alpha value is -2.12. The molecule has 0 unspecified atom stereocenters. The largest absolute Gasteiger partial charge is 0.378 e. The summed E-state index contributed by atoms with van der Waals surface area (Å²) >= 11 is 0. The number of H-pyrrole nitrogens is 1. The molecular formula is C18H25N5O2. The molecule has 4 rings (SSSR count). The van der Waals surface area contributed by atoms with E-state index in [9.17, 15) is 4.79 Å². The van der Waals surface area contributed by atoms with Crippen molar-refractivity contribution in [2.24, 2.45) is 7.05 Å². The Morgan fingerprint density at radius 1 is 1.32 bits per heavy atom. The zero-order valence-corrected chi connectivity index (χ0v) is 14.6. The number of nitrogens with zero attached hydrogens (tertiary/aromatic N) is 3. The second-order valence-electron chi connectivity index (χ2n) is 6.95. The van der Waals surface area contributed by atoms with E-state index in [-0.39, 0.29) is 18.0 Å². The second kappa shape index (κ2) is 7.01. The minimum absolute atomic E-state index is 0.0346. The SMILES string of the molecule is Cn1cccc1-c1cc(C(=O)N[C@H]2COC[C@@H]2N2CCCCC2)[nH]n1. The zero-order valence-electron chi connectivity index (χ0n) is 14.6. The van der Waals surface area contributed by atoms with Gasteiger partial charge in [-0.3, -0.25) is 14.8 Å². The predicted molar refractivity (Wildman–Crippen MR) is 94.3 cm³/mol. The number of aromatic nitrogens is 3. The summed E-state index contributed by atoms with van der Waals surface area (Å²) in [4.78, 5) is 15.1. The summed E-state index contributed by atoms with van der Waals surface area (Å²) in [5, 5.41) is 10.3. The lowest BCUT2D eigenvalue weighted by molar-refractivity contribution is 0.0895. The monoisotopic (exact) mass is 343 g/mol. The van der Waals surface area contributed by atoms with Crippen molar-refractivity contribution >= 4 is 5.91 Å². The van der Waals surface area contributed by atoms with E-state index in [4.69, 9.17) is 4.74 Å². The third-order valence-electron chi connectivity index (χ3n) is 5.26. The number of carbonyl (C=O) groups is 1. The van der Waals surface area contributed by atoms with Crippen molar-refractivity contribution in [2.45, 2.75) is 31.3 Å². The molecule has 2 aromatic rings. The molecule has 0 aromatic carbocycles. The van der Waals surface area contributed by atoms with Crippen LogP contribution in [0.4, 0.5) is 0 Å². The summed E-state index contributed by atoms with van der Waals surface area (Å²) in [5.41, 5.74) is 2.24. The molecule has 2 aliphatic rings. The minimum atomic E-state index is -0.120. The molecule has 2 aliphatic heterocycles. The van der Waals surface area contributed by atoms with Gasteiger partial charge >= 0.3 is 0 Å². The van der Waals surface area contributed by atoms with Crippen LogP contribution >= 0.6 is 0 Å². The van der Waals surface area contributed by atoms with Crippen LogP contribution in [0.15, 0.2) is 24.4 Å². The van der Waals surface area contributed by atoms with Crippen LogP contribution in [0.5, 0.6) is 0 Å². The molecule has 0 saturated carbocycles. The third kappa shape index (κ3) is 3.34. The number of hydrogen-bond acceptors (Lipinski definition) is 4. The molecule has 2 aromatic heterocycles. The van der Waals surface area contributed by atoms with Crippen molar-refractivity contribution in [3.63, 3.8) is 0 Å². The van der Waals surface area contributed by atoms with Gasteiger partial charge in [0.15, 0.2) is 0 Å². The summed E-state index contributed by atoms with van der Waals surface area (Å²) in [6, 6.07) is 6.06. The topological polar surface area (TPSA) is 75.2 Å². The Bertz CT molecular complexity index is 731. The highest BCUT2D eigenvalue weighted by Crippen LogP contribution is 2.20. The van der Waals surface area contributed by atoms with E-state index in [1.165, 1.54) is 19.3 Å². The van der Waals surface area contributed by atoms with Gasteiger partial charge in [-0.25, -0.2) is 0 Å². The molecule has 134 valence electrons. The molecule has 0 aliphatic carbocycles. The van der Waals surface area contributed by atoms with Gasteiger partial charge in [0.1, 0.15) is 11.4 Å². The highest BCUT2D eigenvalue weighted by molar-refractivity contribution is 5.93. The number of rotatable bonds is 4. The minimum Gasteiger partial charge on any atom is -0.378 e. The lowest BCUT2D eigenvalue weighted by Gasteiger charge is -2.34. The van der Waals surface area contributed by atoms with Crippen LogP contribution in [0, 0.1) is 0 Å². The van der Waals surface area contributed by atoms with Crippen LogP contribution in [-0.4, -0.2) is 64.0 Å². The maximum absolute atomic E-state index is 12.6. The van der Waals surface area contributed by atoms with E-state index in [0.29, 0.717) is 18.9 Å². The molecule has 2 saturated heterocycles. The fourth-order valence-corrected chi connectivity index (χ4v) is 3.83. The molecule has 0 bridgehead atoms. The van der Waals surface area contributed by atoms with Crippen molar-refractivity contribution in [2.75, 3.05) is 26.3 Å². The van der Waals surface area contributed by atoms with E-state index in [2.05, 4.69) is 20.4 Å². The van der Waals surface area contributed by atoms with Crippen molar-refractivity contribution in [1.29, 1.82) is 0 Å². The summed E-state index contributed by atoms with van der Waals surface area (Å²) in [5.74, 6) is -0.120. The van der Waals surface area contributed by atoms with Crippen molar-refractivity contribution in [1.82, 2.24) is 25.0 Å². The highest BCUT2D eigenvalue weighted by Gasteiger charge is 2.35. The maximum Gasteiger partial charge on any atom is 0.269 e. The quantitative estimate of drug-likeness (QED) is 0.880. The van der Waals surface area contributed by atoms with Gasteiger partial charge in [-0.05, 0) is 44.1 Å². The molecular weight excluding hydrogens is 318 g/mol. The Balaban J connectivity index is 1.43. The van der Waals surface area contributed by atoms with Crippen LogP contribution in [0.2, 0.25) is 0 Å². The van der Waals surface area contributed by atoms with Crippen LogP contribution in [0.3, 0.4) is 0 Å². The molecule has 0 radical (unpaired) electrons. The van der Waals surface area contributed by atoms with Gasteiger partial charge in [0.05, 0.1) is 31.0 Å². The van der Waals surface area contributed by atoms with Gasteiger partial charge in [-0.2, -0.15) is 5.10 Å². The first-order valence-corrected chi connectivity index (χ1v) is 9.02. The fraction of sp³-hybridized carbons (Fsp3) is 0.556. The predicted octanol–water partition coefficient (Wildman–Crippen LogP) is 1.40. The Morgan fingerprint density at radius 2 is 2.16 bits per heavy atom. The number of aromatic amines is 1. The number of likely N-dealkylation sites (tertiary alicyclic amines) is 1. The molecule has 4 heterocycles. The Kier molecular flexibility index (Phi) is 4.59. The molecule has 2 N–H and O–H groups in total. The molecule has 1 amide bonds. The lowest BCUT2D eigenvalue weighted by atomic mass is 10.0. The van der Waals surface area contributed by atoms with Gasteiger partial charge in [0.2, 0.25) is 0 Å². The van der Waals surface area contributed by atoms with Crippen molar-refractivity contribution < 1.29 is 9.53 Å². The number of hydrogen-bond donors (Lipinski definition) is 2. The van der Waals surface area contributed by atoms with Crippen molar-refractivity contribution in [3.05, 3.63) is 30.1 Å². The number of ether oxygens (including phenoxy) is 1. The van der Waals surface area contributed by atoms with Crippen LogP contribution in [-0.2, 0) is 11.8 Å². The van der Waals surface area contributed by atoms with Gasteiger partial charge in [-0.1, -0.05) is 6.42 Å². The van der Waals surface area contributed by atoms with Gasteiger partial charge in [0, 0.05) is 13.2 Å². The van der Waals surface area contributed by atoms with Gasteiger partial charge in [-0.15, -0.1) is 0 Å². The number of piperidine rings is 1. The van der Waals surface area contributed by atoms with Crippen LogP contribution in [0.25, 0.3) is 11.4 Å². The van der Waals surface area contributed by atoms with Crippen molar-refractivity contribution in [3.8, 4) is 11.4 Å². The third-order valence-corrected chi connectivity index (χ3v) is 5.26. The average Bonchev–Trinajstić information content (AvgIpc) is 3.35. The van der Waals surface area contributed by atoms with Crippen LogP contribution < -0.4 is 5.32 Å². The molecule has 0 spiro atoms. The first kappa shape index (κ1) is 16.4. The number of amides is 1. The normalized spacial score (nSPS) is 24.5. The van der Waals surface area contributed by atoms with Gasteiger partial charge in [0.25, 0.3) is 5.91 Å². The number of nitrogens with one attached hydrogen (secondary N) is 2. The van der Waals surface area contributed by atoms with Crippen LogP contribution in [0.1, 0.15) is 29.8 Å². The molecule has 2 fully saturated rings. The van der Waals surface area contributed by atoms with E-state index in [0.717, 1.165) is 24.5 Å². The van der Waals surface area contributed by atoms with E-state index in [1.54, 1.807) is 6.07 Å². The van der Waals surface area contributed by atoms with E-state index >= 15 is 0 Å². The number of carbonyl (C=O) groups excluding carboxylic acids is 1. The standard InChI is InChI=1S/C18H25N5O2/c1-22-7-5-6-16(22)13-10-14(21-20-13)18(24)19-15-11-25-12-17(15)23-8-3-2-4-9-23/h5-7,10,15,17H,2-4,8-9,11-12H2,1H3,(H,19,24)(H,20,21)/t15-,17-/m0/s1. The Labute approximate surface area is 147 Å². The molecule has 25 heavy (non-hydrogen) atoms. The van der Waals surface area contributed by atoms with E-state index < -0.39 is 0 Å². The average molecular weight is 343 g/mol. The lowest BCUT2D eigenvalue weighted by Crippen LogP contribution is -2.52. The molecule has 7 nitrogen and oxygen atoms in total. The first-order chi connectivity index (χ1) is 12.2. The summed E-state index contributed by atoms with van der Waals surface area (Å²) < 4.78 is 7.64. The summed E-state index contributed by atoms with van der Waals surface area (Å²) in [7, 11) is 1.96.